The fraction of sp³-hybridized carbons (Fsp3) is 0.556. The second kappa shape index (κ2) is 7.49. The van der Waals surface area contributed by atoms with Crippen LogP contribution in [0.4, 0.5) is 10.5 Å². The molecule has 0 radical (unpaired) electrons. The van der Waals surface area contributed by atoms with Gasteiger partial charge in [0.15, 0.2) is 0 Å². The molecule has 1 N–H and O–H groups in total. The zero-order valence-corrected chi connectivity index (χ0v) is 14.6. The van der Waals surface area contributed by atoms with E-state index in [0.29, 0.717) is 13.0 Å². The molecule has 0 unspecified atom stereocenters. The number of nitrogens with one attached hydrogen (secondary N) is 1. The number of nitrogens with zero attached hydrogens (tertiary/aromatic N) is 2. The van der Waals surface area contributed by atoms with Crippen molar-refractivity contribution in [2.45, 2.75) is 46.1 Å². The Morgan fingerprint density at radius 2 is 2.09 bits per heavy atom. The largest absolute Gasteiger partial charge is 0.333 e. The van der Waals surface area contributed by atoms with E-state index in [1.165, 1.54) is 11.1 Å². The third-order valence-electron chi connectivity index (χ3n) is 4.45. The van der Waals surface area contributed by atoms with Crippen molar-refractivity contribution in [3.8, 4) is 0 Å². The minimum atomic E-state index is -0.124. The van der Waals surface area contributed by atoms with Crippen molar-refractivity contribution in [3.63, 3.8) is 0 Å². The van der Waals surface area contributed by atoms with Crippen molar-refractivity contribution in [1.82, 2.24) is 10.2 Å². The third-order valence-corrected chi connectivity index (χ3v) is 4.45. The van der Waals surface area contributed by atoms with Crippen LogP contribution in [-0.4, -0.2) is 43.0 Å². The van der Waals surface area contributed by atoms with Crippen LogP contribution in [-0.2, 0) is 4.79 Å². The van der Waals surface area contributed by atoms with E-state index >= 15 is 0 Å². The Morgan fingerprint density at radius 1 is 1.35 bits per heavy atom. The van der Waals surface area contributed by atoms with Crippen molar-refractivity contribution in [2.24, 2.45) is 0 Å². The summed E-state index contributed by atoms with van der Waals surface area (Å²) < 4.78 is 0. The van der Waals surface area contributed by atoms with Crippen molar-refractivity contribution in [3.05, 3.63) is 29.3 Å². The lowest BCUT2D eigenvalue weighted by Crippen LogP contribution is -2.44. The van der Waals surface area contributed by atoms with Gasteiger partial charge < -0.3 is 15.1 Å². The van der Waals surface area contributed by atoms with Gasteiger partial charge in [-0.1, -0.05) is 19.4 Å². The maximum absolute atomic E-state index is 12.3. The molecule has 1 aliphatic rings. The van der Waals surface area contributed by atoms with E-state index < -0.39 is 0 Å². The number of carbonyl (C=O) groups excluding carboxylic acids is 2. The van der Waals surface area contributed by atoms with Crippen molar-refractivity contribution in [1.29, 1.82) is 0 Å². The van der Waals surface area contributed by atoms with Gasteiger partial charge in [-0.2, -0.15) is 0 Å². The first-order valence-electron chi connectivity index (χ1n) is 8.31. The van der Waals surface area contributed by atoms with Gasteiger partial charge in [-0.05, 0) is 43.5 Å². The second-order valence-corrected chi connectivity index (χ2v) is 6.40. The molecule has 0 saturated carbocycles. The van der Waals surface area contributed by atoms with Crippen LogP contribution < -0.4 is 10.2 Å². The smallest absolute Gasteiger partial charge is 0.317 e. The summed E-state index contributed by atoms with van der Waals surface area (Å²) in [6.45, 7) is 7.47. The summed E-state index contributed by atoms with van der Waals surface area (Å²) >= 11 is 0. The number of amides is 3. The minimum absolute atomic E-state index is 0.0646. The number of urea groups is 1. The molecule has 2 rings (SSSR count). The number of anilines is 1. The molecule has 0 bridgehead atoms. The molecule has 126 valence electrons. The molecule has 23 heavy (non-hydrogen) atoms. The van der Waals surface area contributed by atoms with E-state index in [9.17, 15) is 9.59 Å². The highest BCUT2D eigenvalue weighted by atomic mass is 16.2. The monoisotopic (exact) mass is 317 g/mol. The standard InChI is InChI=1S/C18H27N3O2/c1-5-6-9-20(4)18(23)19-15-11-17(22)21(12-15)16-8-7-13(2)14(3)10-16/h7-8,10,15H,5-6,9,11-12H2,1-4H3,(H,19,23)/t15-/m1/s1. The van der Waals surface area contributed by atoms with Gasteiger partial charge in [0, 0.05) is 32.2 Å². The Hall–Kier alpha value is -2.04. The number of hydrogen-bond donors (Lipinski definition) is 1. The summed E-state index contributed by atoms with van der Waals surface area (Å²) in [5, 5.41) is 2.97. The first-order valence-corrected chi connectivity index (χ1v) is 8.31. The number of benzene rings is 1. The molecule has 1 fully saturated rings. The maximum atomic E-state index is 12.3. The Morgan fingerprint density at radius 3 is 2.74 bits per heavy atom. The van der Waals surface area contributed by atoms with Crippen LogP contribution >= 0.6 is 0 Å². The molecular weight excluding hydrogens is 290 g/mol. The summed E-state index contributed by atoms with van der Waals surface area (Å²) in [7, 11) is 1.79. The molecule has 1 aliphatic heterocycles. The average molecular weight is 317 g/mol. The molecular formula is C18H27N3O2. The summed E-state index contributed by atoms with van der Waals surface area (Å²) in [6.07, 6.45) is 2.41. The van der Waals surface area contributed by atoms with Crippen LogP contribution in [0, 0.1) is 13.8 Å². The van der Waals surface area contributed by atoms with Gasteiger partial charge in [0.05, 0.1) is 6.04 Å². The van der Waals surface area contributed by atoms with Crippen LogP contribution in [0.3, 0.4) is 0 Å². The van der Waals surface area contributed by atoms with Gasteiger partial charge in [0.25, 0.3) is 0 Å². The summed E-state index contributed by atoms with van der Waals surface area (Å²) in [6, 6.07) is 5.81. The van der Waals surface area contributed by atoms with Crippen molar-refractivity contribution >= 4 is 17.6 Å². The molecule has 3 amide bonds. The van der Waals surface area contributed by atoms with E-state index in [2.05, 4.69) is 19.2 Å². The predicted molar refractivity (Wildman–Crippen MR) is 92.7 cm³/mol. The summed E-state index contributed by atoms with van der Waals surface area (Å²) in [5.41, 5.74) is 3.29. The predicted octanol–water partition coefficient (Wildman–Crippen LogP) is 2.85. The van der Waals surface area contributed by atoms with Crippen LogP contribution in [0.15, 0.2) is 18.2 Å². The van der Waals surface area contributed by atoms with Gasteiger partial charge >= 0.3 is 6.03 Å². The first kappa shape index (κ1) is 17.3. The highest BCUT2D eigenvalue weighted by molar-refractivity contribution is 5.96. The molecule has 0 aliphatic carbocycles. The third kappa shape index (κ3) is 4.24. The van der Waals surface area contributed by atoms with Gasteiger partial charge in [0.1, 0.15) is 0 Å². The number of carbonyl (C=O) groups is 2. The fourth-order valence-electron chi connectivity index (χ4n) is 2.73. The molecule has 5 heteroatoms. The lowest BCUT2D eigenvalue weighted by Gasteiger charge is -2.21. The molecule has 0 spiro atoms. The minimum Gasteiger partial charge on any atom is -0.333 e. The zero-order valence-electron chi connectivity index (χ0n) is 14.6. The van der Waals surface area contributed by atoms with Gasteiger partial charge in [-0.3, -0.25) is 4.79 Å². The van der Waals surface area contributed by atoms with E-state index in [0.717, 1.165) is 25.1 Å². The van der Waals surface area contributed by atoms with Gasteiger partial charge in [-0.25, -0.2) is 4.79 Å². The Balaban J connectivity index is 1.97. The highest BCUT2D eigenvalue weighted by Gasteiger charge is 2.32. The second-order valence-electron chi connectivity index (χ2n) is 6.40. The number of aryl methyl sites for hydroxylation is 2. The van der Waals surface area contributed by atoms with Crippen LogP contribution in [0.5, 0.6) is 0 Å². The normalized spacial score (nSPS) is 17.5. The number of hydrogen-bond acceptors (Lipinski definition) is 2. The maximum Gasteiger partial charge on any atom is 0.317 e. The van der Waals surface area contributed by atoms with Gasteiger partial charge in [0.2, 0.25) is 5.91 Å². The van der Waals surface area contributed by atoms with Crippen LogP contribution in [0.25, 0.3) is 0 Å². The van der Waals surface area contributed by atoms with Crippen LogP contribution in [0.2, 0.25) is 0 Å². The Kier molecular flexibility index (Phi) is 5.64. The Labute approximate surface area is 138 Å². The summed E-state index contributed by atoms with van der Waals surface area (Å²) in [4.78, 5) is 27.9. The lowest BCUT2D eigenvalue weighted by atomic mass is 10.1. The van der Waals surface area contributed by atoms with E-state index in [-0.39, 0.29) is 18.0 Å². The average Bonchev–Trinajstić information content (AvgIpc) is 2.88. The Bertz CT molecular complexity index is 586. The topological polar surface area (TPSA) is 52.7 Å². The molecule has 5 nitrogen and oxygen atoms in total. The number of rotatable bonds is 5. The highest BCUT2D eigenvalue weighted by Crippen LogP contribution is 2.24. The zero-order chi connectivity index (χ0) is 17.0. The van der Waals surface area contributed by atoms with Crippen molar-refractivity contribution < 1.29 is 9.59 Å². The summed E-state index contributed by atoms with van der Waals surface area (Å²) in [5.74, 6) is 0.0646. The lowest BCUT2D eigenvalue weighted by molar-refractivity contribution is -0.117. The fourth-order valence-corrected chi connectivity index (χ4v) is 2.73. The van der Waals surface area contributed by atoms with Crippen LogP contribution in [0.1, 0.15) is 37.3 Å². The molecule has 1 atom stereocenters. The molecule has 1 saturated heterocycles. The SMILES string of the molecule is CCCCN(C)C(=O)N[C@@H]1CC(=O)N(c2ccc(C)c(C)c2)C1. The molecule has 1 heterocycles. The van der Waals surface area contributed by atoms with Gasteiger partial charge in [-0.15, -0.1) is 0 Å². The van der Waals surface area contributed by atoms with E-state index in [1.54, 1.807) is 16.8 Å². The molecule has 1 aromatic carbocycles. The van der Waals surface area contributed by atoms with E-state index in [1.807, 2.05) is 25.1 Å². The van der Waals surface area contributed by atoms with Crippen molar-refractivity contribution in [2.75, 3.05) is 25.0 Å². The molecule has 0 aromatic heterocycles. The quantitative estimate of drug-likeness (QED) is 0.908. The van der Waals surface area contributed by atoms with E-state index in [4.69, 9.17) is 0 Å². The molecule has 1 aromatic rings. The number of unbranched alkanes of at least 4 members (excludes halogenated alkanes) is 1. The first-order chi connectivity index (χ1) is 10.9.